The number of ether oxygens (including phenoxy) is 2. The molecule has 1 aromatic carbocycles. The van der Waals surface area contributed by atoms with Crippen LogP contribution in [0.25, 0.3) is 11.5 Å². The van der Waals surface area contributed by atoms with Crippen molar-refractivity contribution in [1.82, 2.24) is 20.2 Å². The zero-order valence-corrected chi connectivity index (χ0v) is 18.3. The fraction of sp³-hybridized carbons (Fsp3) is 0.250. The molecule has 0 aliphatic carbocycles. The van der Waals surface area contributed by atoms with Gasteiger partial charge in [-0.15, -0.1) is 5.10 Å². The maximum absolute atomic E-state index is 11.9. The van der Waals surface area contributed by atoms with Crippen LogP contribution in [0, 0.1) is 6.92 Å². The van der Waals surface area contributed by atoms with Crippen molar-refractivity contribution in [3.63, 3.8) is 0 Å². The molecule has 0 aliphatic rings. The first-order chi connectivity index (χ1) is 16.0. The number of aromatic amines is 1. The number of hydrogen-bond donors (Lipinski definition) is 2. The van der Waals surface area contributed by atoms with Crippen molar-refractivity contribution >= 4 is 5.97 Å². The molecule has 4 rings (SSSR count). The van der Waals surface area contributed by atoms with Crippen LogP contribution in [0.2, 0.25) is 0 Å². The predicted octanol–water partition coefficient (Wildman–Crippen LogP) is 4.16. The summed E-state index contributed by atoms with van der Waals surface area (Å²) < 4.78 is 16.9. The molecule has 3 heterocycles. The number of benzene rings is 1. The van der Waals surface area contributed by atoms with Crippen molar-refractivity contribution in [3.05, 3.63) is 77.4 Å². The first kappa shape index (κ1) is 22.1. The molecule has 0 fully saturated rings. The summed E-state index contributed by atoms with van der Waals surface area (Å²) >= 11 is 0. The van der Waals surface area contributed by atoms with E-state index in [0.29, 0.717) is 41.3 Å². The molecule has 170 valence electrons. The maximum Gasteiger partial charge on any atom is 0.311 e. The summed E-state index contributed by atoms with van der Waals surface area (Å²) in [6, 6.07) is 13.2. The normalized spacial score (nSPS) is 11.8. The summed E-state index contributed by atoms with van der Waals surface area (Å²) in [7, 11) is 0. The minimum atomic E-state index is -0.964. The van der Waals surface area contributed by atoms with E-state index in [1.807, 2.05) is 44.2 Å². The average molecular weight is 448 g/mol. The Balaban J connectivity index is 1.41. The number of nitrogens with one attached hydrogen (secondary N) is 1. The van der Waals surface area contributed by atoms with Crippen LogP contribution in [-0.4, -0.2) is 37.8 Å². The summed E-state index contributed by atoms with van der Waals surface area (Å²) in [5.41, 5.74) is 2.84. The van der Waals surface area contributed by atoms with Crippen molar-refractivity contribution < 1.29 is 23.8 Å². The Morgan fingerprint density at radius 3 is 2.70 bits per heavy atom. The Kier molecular flexibility index (Phi) is 6.68. The molecular formula is C24H24N4O5. The first-order valence-electron chi connectivity index (χ1n) is 10.5. The average Bonchev–Trinajstić information content (AvgIpc) is 3.44. The second kappa shape index (κ2) is 9.99. The van der Waals surface area contributed by atoms with Crippen LogP contribution in [0.3, 0.4) is 0 Å². The fourth-order valence-corrected chi connectivity index (χ4v) is 3.38. The number of pyridine rings is 1. The van der Waals surface area contributed by atoms with Crippen LogP contribution < -0.4 is 9.47 Å². The van der Waals surface area contributed by atoms with Crippen LogP contribution in [0.5, 0.6) is 11.8 Å². The molecule has 33 heavy (non-hydrogen) atoms. The van der Waals surface area contributed by atoms with Gasteiger partial charge in [0.25, 0.3) is 0 Å². The Hall–Kier alpha value is -4.14. The second-order valence-corrected chi connectivity index (χ2v) is 7.35. The third-order valence-corrected chi connectivity index (χ3v) is 5.10. The number of aromatic nitrogens is 4. The molecular weight excluding hydrogens is 424 g/mol. The van der Waals surface area contributed by atoms with Crippen LogP contribution in [0.1, 0.15) is 35.4 Å². The molecule has 0 bridgehead atoms. The van der Waals surface area contributed by atoms with Gasteiger partial charge in [0.05, 0.1) is 12.5 Å². The molecule has 2 N–H and O–H groups in total. The van der Waals surface area contributed by atoms with Crippen molar-refractivity contribution in [1.29, 1.82) is 0 Å². The molecule has 1 atom stereocenters. The van der Waals surface area contributed by atoms with E-state index in [1.165, 1.54) is 0 Å². The highest BCUT2D eigenvalue weighted by Crippen LogP contribution is 2.28. The quantitative estimate of drug-likeness (QED) is 0.371. The number of H-pyrrole nitrogens is 1. The van der Waals surface area contributed by atoms with E-state index in [-0.39, 0.29) is 13.0 Å². The molecule has 0 radical (unpaired) electrons. The van der Waals surface area contributed by atoms with Crippen molar-refractivity contribution in [2.75, 3.05) is 6.61 Å². The highest BCUT2D eigenvalue weighted by Gasteiger charge is 2.26. The molecule has 9 nitrogen and oxygen atoms in total. The lowest BCUT2D eigenvalue weighted by molar-refractivity contribution is -0.138. The summed E-state index contributed by atoms with van der Waals surface area (Å²) in [6.07, 6.45) is 3.40. The Morgan fingerprint density at radius 1 is 1.18 bits per heavy atom. The van der Waals surface area contributed by atoms with E-state index >= 15 is 0 Å². The minimum Gasteiger partial charge on any atom is -0.481 e. The van der Waals surface area contributed by atoms with Gasteiger partial charge in [0.15, 0.2) is 0 Å². The van der Waals surface area contributed by atoms with Crippen molar-refractivity contribution in [2.45, 2.75) is 32.8 Å². The number of oxazole rings is 1. The Labute approximate surface area is 190 Å². The highest BCUT2D eigenvalue weighted by molar-refractivity contribution is 5.77. The topological polar surface area (TPSA) is 123 Å². The van der Waals surface area contributed by atoms with Crippen molar-refractivity contribution in [3.8, 4) is 23.2 Å². The Bertz CT molecular complexity index is 1200. The number of nitrogens with zero attached hydrogens (tertiary/aromatic N) is 3. The van der Waals surface area contributed by atoms with E-state index in [9.17, 15) is 9.90 Å². The number of carboxylic acids is 1. The van der Waals surface area contributed by atoms with E-state index in [2.05, 4.69) is 20.2 Å². The lowest BCUT2D eigenvalue weighted by Gasteiger charge is -2.13. The highest BCUT2D eigenvalue weighted by atomic mass is 16.5. The van der Waals surface area contributed by atoms with Gasteiger partial charge in [0, 0.05) is 29.6 Å². The zero-order valence-electron chi connectivity index (χ0n) is 18.3. The third kappa shape index (κ3) is 5.20. The fourth-order valence-electron chi connectivity index (χ4n) is 3.38. The van der Waals surface area contributed by atoms with Gasteiger partial charge < -0.3 is 19.0 Å². The smallest absolute Gasteiger partial charge is 0.311 e. The van der Waals surface area contributed by atoms with Crippen LogP contribution in [0.4, 0.5) is 0 Å². The molecule has 3 aromatic heterocycles. The minimum absolute atomic E-state index is 0.207. The Morgan fingerprint density at radius 2 is 2.00 bits per heavy atom. The van der Waals surface area contributed by atoms with Crippen LogP contribution in [0.15, 0.2) is 59.3 Å². The van der Waals surface area contributed by atoms with E-state index in [4.69, 9.17) is 13.9 Å². The van der Waals surface area contributed by atoms with Gasteiger partial charge in [-0.3, -0.25) is 9.89 Å². The van der Waals surface area contributed by atoms with Gasteiger partial charge in [-0.25, -0.2) is 9.97 Å². The maximum atomic E-state index is 11.9. The monoisotopic (exact) mass is 448 g/mol. The number of carboxylic acid groups (broad SMARTS) is 1. The number of carbonyl (C=O) groups is 1. The predicted molar refractivity (Wildman–Crippen MR) is 119 cm³/mol. The molecule has 0 amide bonds. The summed E-state index contributed by atoms with van der Waals surface area (Å²) in [5, 5.41) is 16.4. The van der Waals surface area contributed by atoms with E-state index < -0.39 is 11.9 Å². The number of rotatable bonds is 10. The molecule has 0 aliphatic heterocycles. The van der Waals surface area contributed by atoms with Crippen LogP contribution >= 0.6 is 0 Å². The van der Waals surface area contributed by atoms with Gasteiger partial charge >= 0.3 is 5.97 Å². The number of aryl methyl sites for hydroxylation is 1. The van der Waals surface area contributed by atoms with Gasteiger partial charge in [0.2, 0.25) is 17.7 Å². The molecule has 0 saturated heterocycles. The molecule has 9 heteroatoms. The SMILES string of the molecule is CCOc1n[nH]cc1C(Cc1ccc(OCc2nc(-c3ccccc3)oc2C)nc1)C(=O)O. The molecule has 0 spiro atoms. The zero-order chi connectivity index (χ0) is 23.2. The summed E-state index contributed by atoms with van der Waals surface area (Å²) in [5.74, 6) is 0.158. The third-order valence-electron chi connectivity index (χ3n) is 5.10. The lowest BCUT2D eigenvalue weighted by Crippen LogP contribution is -2.15. The first-order valence-corrected chi connectivity index (χ1v) is 10.5. The van der Waals surface area contributed by atoms with Gasteiger partial charge in [-0.05, 0) is 38.0 Å². The van der Waals surface area contributed by atoms with E-state index in [0.717, 1.165) is 11.1 Å². The van der Waals surface area contributed by atoms with Crippen LogP contribution in [-0.2, 0) is 17.8 Å². The lowest BCUT2D eigenvalue weighted by atomic mass is 9.95. The van der Waals surface area contributed by atoms with Gasteiger partial charge in [0.1, 0.15) is 18.1 Å². The van der Waals surface area contributed by atoms with Crippen molar-refractivity contribution in [2.24, 2.45) is 0 Å². The molecule has 1 unspecified atom stereocenters. The van der Waals surface area contributed by atoms with Gasteiger partial charge in [-0.2, -0.15) is 0 Å². The number of hydrogen-bond acceptors (Lipinski definition) is 7. The molecule has 4 aromatic rings. The second-order valence-electron chi connectivity index (χ2n) is 7.35. The summed E-state index contributed by atoms with van der Waals surface area (Å²) in [6.45, 7) is 4.27. The van der Waals surface area contributed by atoms with Gasteiger partial charge in [-0.1, -0.05) is 24.3 Å². The van der Waals surface area contributed by atoms with E-state index in [1.54, 1.807) is 24.5 Å². The number of aliphatic carboxylic acids is 1. The largest absolute Gasteiger partial charge is 0.481 e. The standard InChI is InChI=1S/C24H24N4O5/c1-3-31-23-19(13-26-28-23)18(24(29)30)11-16-9-10-21(25-12-16)32-14-20-15(2)33-22(27-20)17-7-5-4-6-8-17/h4-10,12-13,18H,3,11,14H2,1-2H3,(H,26,28)(H,29,30). The summed E-state index contributed by atoms with van der Waals surface area (Å²) in [4.78, 5) is 20.7. The molecule has 0 saturated carbocycles.